The van der Waals surface area contributed by atoms with Gasteiger partial charge >= 0.3 is 0 Å². The Kier molecular flexibility index (Phi) is 3.00. The molecule has 17 heavy (non-hydrogen) atoms. The molecular formula is C14H14N2O. The third-order valence-electron chi connectivity index (χ3n) is 2.64. The van der Waals surface area contributed by atoms with E-state index in [4.69, 9.17) is 0 Å². The lowest BCUT2D eigenvalue weighted by atomic mass is 10.0. The van der Waals surface area contributed by atoms with Crippen LogP contribution in [-0.4, -0.2) is 15.8 Å². The number of pyridine rings is 2. The lowest BCUT2D eigenvalue weighted by Gasteiger charge is -2.05. The first-order valence-corrected chi connectivity index (χ1v) is 5.49. The van der Waals surface area contributed by atoms with E-state index in [0.717, 1.165) is 17.1 Å². The topological polar surface area (TPSA) is 42.9 Å². The number of hydrogen-bond donors (Lipinski definition) is 0. The standard InChI is InChI=1S/C14H14N2O/c1-9-4-6-12(8-15-9)14(17)13-7-5-10(2)16-11(13)3/h4-8H,1-3H3. The maximum Gasteiger partial charge on any atom is 0.196 e. The molecule has 0 bridgehead atoms. The van der Waals surface area contributed by atoms with Gasteiger partial charge in [0.2, 0.25) is 0 Å². The van der Waals surface area contributed by atoms with Gasteiger partial charge in [-0.15, -0.1) is 0 Å². The van der Waals surface area contributed by atoms with E-state index in [0.29, 0.717) is 11.1 Å². The van der Waals surface area contributed by atoms with Crippen LogP contribution in [0, 0.1) is 20.8 Å². The number of carbonyl (C=O) groups excluding carboxylic acids is 1. The highest BCUT2D eigenvalue weighted by molar-refractivity contribution is 6.09. The summed E-state index contributed by atoms with van der Waals surface area (Å²) in [6.07, 6.45) is 1.61. The van der Waals surface area contributed by atoms with Gasteiger partial charge in [0.15, 0.2) is 5.78 Å². The van der Waals surface area contributed by atoms with E-state index in [9.17, 15) is 4.79 Å². The minimum Gasteiger partial charge on any atom is -0.288 e. The molecule has 0 aromatic carbocycles. The molecule has 0 saturated carbocycles. The minimum atomic E-state index is -0.0255. The first-order valence-electron chi connectivity index (χ1n) is 5.49. The Morgan fingerprint density at radius 3 is 2.29 bits per heavy atom. The van der Waals surface area contributed by atoms with Gasteiger partial charge in [-0.05, 0) is 45.0 Å². The molecule has 0 N–H and O–H groups in total. The minimum absolute atomic E-state index is 0.0255. The molecule has 0 aliphatic carbocycles. The molecule has 0 unspecified atom stereocenters. The molecule has 3 nitrogen and oxygen atoms in total. The van der Waals surface area contributed by atoms with Crippen LogP contribution in [0.1, 0.15) is 33.0 Å². The normalized spacial score (nSPS) is 10.3. The van der Waals surface area contributed by atoms with Crippen molar-refractivity contribution < 1.29 is 4.79 Å². The summed E-state index contributed by atoms with van der Waals surface area (Å²) in [4.78, 5) is 20.6. The quantitative estimate of drug-likeness (QED) is 0.739. The van der Waals surface area contributed by atoms with Gasteiger partial charge in [-0.2, -0.15) is 0 Å². The first-order chi connectivity index (χ1) is 8.08. The maximum atomic E-state index is 12.2. The third-order valence-corrected chi connectivity index (χ3v) is 2.64. The van der Waals surface area contributed by atoms with Crippen molar-refractivity contribution >= 4 is 5.78 Å². The fourth-order valence-corrected chi connectivity index (χ4v) is 1.68. The number of aryl methyl sites for hydroxylation is 3. The van der Waals surface area contributed by atoms with Crippen LogP contribution >= 0.6 is 0 Å². The Morgan fingerprint density at radius 1 is 1.00 bits per heavy atom. The number of nitrogens with zero attached hydrogens (tertiary/aromatic N) is 2. The van der Waals surface area contributed by atoms with Gasteiger partial charge in [0, 0.05) is 34.4 Å². The Bertz CT molecular complexity index is 559. The largest absolute Gasteiger partial charge is 0.288 e. The van der Waals surface area contributed by atoms with Gasteiger partial charge in [0.05, 0.1) is 0 Å². The molecule has 0 radical (unpaired) electrons. The average molecular weight is 226 g/mol. The molecule has 0 fully saturated rings. The van der Waals surface area contributed by atoms with E-state index < -0.39 is 0 Å². The van der Waals surface area contributed by atoms with Crippen LogP contribution in [-0.2, 0) is 0 Å². The van der Waals surface area contributed by atoms with Crippen molar-refractivity contribution in [3.63, 3.8) is 0 Å². The van der Waals surface area contributed by atoms with E-state index in [1.165, 1.54) is 0 Å². The molecule has 0 spiro atoms. The van der Waals surface area contributed by atoms with Crippen LogP contribution in [0.25, 0.3) is 0 Å². The van der Waals surface area contributed by atoms with Crippen molar-refractivity contribution in [3.8, 4) is 0 Å². The van der Waals surface area contributed by atoms with E-state index >= 15 is 0 Å². The van der Waals surface area contributed by atoms with Gasteiger partial charge in [-0.1, -0.05) is 0 Å². The monoisotopic (exact) mass is 226 g/mol. The van der Waals surface area contributed by atoms with Crippen LogP contribution in [0.4, 0.5) is 0 Å². The summed E-state index contributed by atoms with van der Waals surface area (Å²) in [6, 6.07) is 7.30. The van der Waals surface area contributed by atoms with Crippen LogP contribution in [0.2, 0.25) is 0 Å². The number of rotatable bonds is 2. The predicted octanol–water partition coefficient (Wildman–Crippen LogP) is 2.63. The zero-order chi connectivity index (χ0) is 12.4. The van der Waals surface area contributed by atoms with Crippen molar-refractivity contribution in [1.82, 2.24) is 9.97 Å². The second-order valence-corrected chi connectivity index (χ2v) is 4.10. The molecule has 3 heteroatoms. The number of aromatic nitrogens is 2. The molecule has 86 valence electrons. The summed E-state index contributed by atoms with van der Waals surface area (Å²) in [5.74, 6) is -0.0255. The fourth-order valence-electron chi connectivity index (χ4n) is 1.68. The van der Waals surface area contributed by atoms with E-state index in [1.54, 1.807) is 12.3 Å². The Labute approximate surface area is 101 Å². The van der Waals surface area contributed by atoms with Crippen LogP contribution < -0.4 is 0 Å². The average Bonchev–Trinajstić information content (AvgIpc) is 2.29. The summed E-state index contributed by atoms with van der Waals surface area (Å²) in [6.45, 7) is 5.66. The van der Waals surface area contributed by atoms with Crippen molar-refractivity contribution in [2.75, 3.05) is 0 Å². The van der Waals surface area contributed by atoms with Crippen LogP contribution in [0.5, 0.6) is 0 Å². The van der Waals surface area contributed by atoms with E-state index in [-0.39, 0.29) is 5.78 Å². The number of ketones is 1. The molecule has 2 heterocycles. The van der Waals surface area contributed by atoms with Crippen molar-refractivity contribution in [2.45, 2.75) is 20.8 Å². The summed E-state index contributed by atoms with van der Waals surface area (Å²) in [5, 5.41) is 0. The summed E-state index contributed by atoms with van der Waals surface area (Å²) >= 11 is 0. The molecule has 0 saturated heterocycles. The predicted molar refractivity (Wildman–Crippen MR) is 66.1 cm³/mol. The zero-order valence-corrected chi connectivity index (χ0v) is 10.2. The molecule has 2 aromatic heterocycles. The van der Waals surface area contributed by atoms with Crippen LogP contribution in [0.15, 0.2) is 30.5 Å². The highest BCUT2D eigenvalue weighted by Crippen LogP contribution is 2.12. The summed E-state index contributed by atoms with van der Waals surface area (Å²) in [7, 11) is 0. The molecule has 0 aliphatic heterocycles. The Morgan fingerprint density at radius 2 is 1.71 bits per heavy atom. The van der Waals surface area contributed by atoms with Crippen molar-refractivity contribution in [3.05, 3.63) is 58.7 Å². The van der Waals surface area contributed by atoms with E-state index in [1.807, 2.05) is 39.0 Å². The highest BCUT2D eigenvalue weighted by atomic mass is 16.1. The van der Waals surface area contributed by atoms with E-state index in [2.05, 4.69) is 9.97 Å². The second-order valence-electron chi connectivity index (χ2n) is 4.10. The molecule has 2 rings (SSSR count). The molecule has 0 aliphatic rings. The molecule has 0 amide bonds. The van der Waals surface area contributed by atoms with Crippen LogP contribution in [0.3, 0.4) is 0 Å². The van der Waals surface area contributed by atoms with Gasteiger partial charge in [-0.25, -0.2) is 0 Å². The summed E-state index contributed by atoms with van der Waals surface area (Å²) < 4.78 is 0. The lowest BCUT2D eigenvalue weighted by Crippen LogP contribution is -2.06. The van der Waals surface area contributed by atoms with Gasteiger partial charge in [0.25, 0.3) is 0 Å². The van der Waals surface area contributed by atoms with Crippen molar-refractivity contribution in [1.29, 1.82) is 0 Å². The first kappa shape index (κ1) is 11.5. The summed E-state index contributed by atoms with van der Waals surface area (Å²) in [5.41, 5.74) is 3.82. The van der Waals surface area contributed by atoms with Gasteiger partial charge < -0.3 is 0 Å². The SMILES string of the molecule is Cc1ccc(C(=O)c2ccc(C)nc2C)cn1. The highest BCUT2D eigenvalue weighted by Gasteiger charge is 2.12. The number of carbonyl (C=O) groups is 1. The van der Waals surface area contributed by atoms with Crippen molar-refractivity contribution in [2.24, 2.45) is 0 Å². The zero-order valence-electron chi connectivity index (χ0n) is 10.2. The maximum absolute atomic E-state index is 12.2. The smallest absolute Gasteiger partial charge is 0.196 e. The Balaban J connectivity index is 2.40. The van der Waals surface area contributed by atoms with Gasteiger partial charge in [-0.3, -0.25) is 14.8 Å². The fraction of sp³-hybridized carbons (Fsp3) is 0.214. The lowest BCUT2D eigenvalue weighted by molar-refractivity contribution is 0.103. The molecular weight excluding hydrogens is 212 g/mol. The van der Waals surface area contributed by atoms with Gasteiger partial charge in [0.1, 0.15) is 0 Å². The third kappa shape index (κ3) is 2.38. The Hall–Kier alpha value is -2.03. The second kappa shape index (κ2) is 4.45. The molecule has 2 aromatic rings. The number of hydrogen-bond acceptors (Lipinski definition) is 3. The molecule has 0 atom stereocenters.